The van der Waals surface area contributed by atoms with Gasteiger partial charge in [0.2, 0.25) is 17.7 Å². The molecule has 6 heteroatoms. The van der Waals surface area contributed by atoms with Gasteiger partial charge in [0, 0.05) is 25.1 Å². The highest BCUT2D eigenvalue weighted by Crippen LogP contribution is 2.30. The summed E-state index contributed by atoms with van der Waals surface area (Å²) in [6.45, 7) is 0.637. The van der Waals surface area contributed by atoms with Gasteiger partial charge >= 0.3 is 0 Å². The van der Waals surface area contributed by atoms with E-state index in [1.165, 1.54) is 4.90 Å². The summed E-state index contributed by atoms with van der Waals surface area (Å²) in [7, 11) is 0. The average molecular weight is 349 g/mol. The fourth-order valence-electron chi connectivity index (χ4n) is 3.54. The summed E-state index contributed by atoms with van der Waals surface area (Å²) in [5, 5.41) is 2.76. The van der Waals surface area contributed by atoms with Crippen LogP contribution in [0, 0.1) is 0 Å². The SMILES string of the molecule is O=C1CN(C(=O)CCC(=O)N2CCc3ccccc32)c2ccccc2N1. The Bertz CT molecular complexity index is 893. The number of amides is 3. The highest BCUT2D eigenvalue weighted by Gasteiger charge is 2.28. The van der Waals surface area contributed by atoms with Crippen molar-refractivity contribution >= 4 is 34.8 Å². The summed E-state index contributed by atoms with van der Waals surface area (Å²) < 4.78 is 0. The highest BCUT2D eigenvalue weighted by atomic mass is 16.2. The Morgan fingerprint density at radius 3 is 2.35 bits per heavy atom. The minimum atomic E-state index is -0.225. The first kappa shape index (κ1) is 16.3. The number of carbonyl (C=O) groups is 3. The van der Waals surface area contributed by atoms with Gasteiger partial charge in [-0.2, -0.15) is 0 Å². The number of rotatable bonds is 3. The lowest BCUT2D eigenvalue weighted by molar-refractivity contribution is -0.124. The normalized spacial score (nSPS) is 15.3. The zero-order chi connectivity index (χ0) is 18.1. The summed E-state index contributed by atoms with van der Waals surface area (Å²) in [5.74, 6) is -0.497. The van der Waals surface area contributed by atoms with E-state index in [2.05, 4.69) is 5.32 Å². The van der Waals surface area contributed by atoms with Crippen molar-refractivity contribution in [2.45, 2.75) is 19.3 Å². The molecule has 2 aliphatic heterocycles. The van der Waals surface area contributed by atoms with Gasteiger partial charge in [-0.3, -0.25) is 14.4 Å². The van der Waals surface area contributed by atoms with E-state index in [9.17, 15) is 14.4 Å². The monoisotopic (exact) mass is 349 g/mol. The third kappa shape index (κ3) is 2.94. The molecule has 4 rings (SSSR count). The second-order valence-corrected chi connectivity index (χ2v) is 6.47. The van der Waals surface area contributed by atoms with Gasteiger partial charge in [-0.15, -0.1) is 0 Å². The third-order valence-corrected chi connectivity index (χ3v) is 4.81. The molecule has 2 heterocycles. The van der Waals surface area contributed by atoms with E-state index >= 15 is 0 Å². The van der Waals surface area contributed by atoms with Crippen molar-refractivity contribution in [3.8, 4) is 0 Å². The first-order chi connectivity index (χ1) is 12.6. The van der Waals surface area contributed by atoms with Gasteiger partial charge < -0.3 is 15.1 Å². The molecule has 3 amide bonds. The van der Waals surface area contributed by atoms with Crippen LogP contribution in [-0.2, 0) is 20.8 Å². The number of nitrogens with one attached hydrogen (secondary N) is 1. The van der Waals surface area contributed by atoms with E-state index < -0.39 is 0 Å². The smallest absolute Gasteiger partial charge is 0.244 e. The number of hydrogen-bond donors (Lipinski definition) is 1. The lowest BCUT2D eigenvalue weighted by Gasteiger charge is -2.29. The van der Waals surface area contributed by atoms with Gasteiger partial charge in [-0.05, 0) is 30.2 Å². The summed E-state index contributed by atoms with van der Waals surface area (Å²) >= 11 is 0. The number of hydrogen-bond acceptors (Lipinski definition) is 3. The molecule has 0 bridgehead atoms. The summed E-state index contributed by atoms with van der Waals surface area (Å²) in [5.41, 5.74) is 3.40. The van der Waals surface area contributed by atoms with Crippen molar-refractivity contribution in [2.24, 2.45) is 0 Å². The summed E-state index contributed by atoms with van der Waals surface area (Å²) in [4.78, 5) is 40.3. The number of benzene rings is 2. The Balaban J connectivity index is 1.43. The fraction of sp³-hybridized carbons (Fsp3) is 0.250. The molecule has 0 radical (unpaired) electrons. The molecular weight excluding hydrogens is 330 g/mol. The predicted octanol–water partition coefficient (Wildman–Crippen LogP) is 2.34. The second kappa shape index (κ2) is 6.63. The Kier molecular flexibility index (Phi) is 4.16. The van der Waals surface area contributed by atoms with E-state index in [4.69, 9.17) is 0 Å². The van der Waals surface area contributed by atoms with Crippen molar-refractivity contribution in [3.63, 3.8) is 0 Å². The zero-order valence-electron chi connectivity index (χ0n) is 14.3. The molecule has 0 fully saturated rings. The van der Waals surface area contributed by atoms with Crippen molar-refractivity contribution in [1.29, 1.82) is 0 Å². The summed E-state index contributed by atoms with van der Waals surface area (Å²) in [6, 6.07) is 15.0. The minimum absolute atomic E-state index is 0.0173. The molecule has 0 unspecified atom stereocenters. The van der Waals surface area contributed by atoms with Crippen LogP contribution in [0.5, 0.6) is 0 Å². The number of carbonyl (C=O) groups excluding carboxylic acids is 3. The van der Waals surface area contributed by atoms with E-state index in [1.54, 1.807) is 23.1 Å². The van der Waals surface area contributed by atoms with Crippen LogP contribution in [0.2, 0.25) is 0 Å². The molecule has 0 aromatic heterocycles. The van der Waals surface area contributed by atoms with Gasteiger partial charge in [0.1, 0.15) is 6.54 Å². The first-order valence-electron chi connectivity index (χ1n) is 8.71. The number of nitrogens with zero attached hydrogens (tertiary/aromatic N) is 2. The van der Waals surface area contributed by atoms with Gasteiger partial charge in [-0.25, -0.2) is 0 Å². The third-order valence-electron chi connectivity index (χ3n) is 4.81. The summed E-state index contributed by atoms with van der Waals surface area (Å²) in [6.07, 6.45) is 1.06. The van der Waals surface area contributed by atoms with Crippen LogP contribution in [0.1, 0.15) is 18.4 Å². The molecular formula is C20H19N3O3. The molecule has 132 valence electrons. The van der Waals surface area contributed by atoms with Crippen LogP contribution in [0.25, 0.3) is 0 Å². The maximum atomic E-state index is 12.6. The Morgan fingerprint density at radius 1 is 0.885 bits per heavy atom. The van der Waals surface area contributed by atoms with Crippen LogP contribution in [-0.4, -0.2) is 30.8 Å². The lowest BCUT2D eigenvalue weighted by Crippen LogP contribution is -2.42. The molecule has 0 saturated heterocycles. The average Bonchev–Trinajstić information content (AvgIpc) is 3.09. The standard InChI is InChI=1S/C20H19N3O3/c24-18-13-23(17-8-4-2-6-15(17)21-18)20(26)10-9-19(25)22-12-11-14-5-1-3-7-16(14)22/h1-8H,9-13H2,(H,21,24). The van der Waals surface area contributed by atoms with Crippen LogP contribution in [0.15, 0.2) is 48.5 Å². The largest absolute Gasteiger partial charge is 0.323 e. The van der Waals surface area contributed by atoms with E-state index in [-0.39, 0.29) is 37.1 Å². The Labute approximate surface area is 151 Å². The molecule has 0 saturated carbocycles. The Hall–Kier alpha value is -3.15. The number of fused-ring (bicyclic) bond motifs is 2. The molecule has 2 aromatic rings. The highest BCUT2D eigenvalue weighted by molar-refractivity contribution is 6.10. The predicted molar refractivity (Wildman–Crippen MR) is 99.2 cm³/mol. The zero-order valence-corrected chi connectivity index (χ0v) is 14.3. The molecule has 0 spiro atoms. The van der Waals surface area contributed by atoms with Crippen molar-refractivity contribution < 1.29 is 14.4 Å². The molecule has 2 aromatic carbocycles. The fourth-order valence-corrected chi connectivity index (χ4v) is 3.54. The van der Waals surface area contributed by atoms with Gasteiger partial charge in [0.05, 0.1) is 11.4 Å². The molecule has 6 nitrogen and oxygen atoms in total. The number of para-hydroxylation sites is 3. The van der Waals surface area contributed by atoms with Crippen molar-refractivity contribution in [3.05, 3.63) is 54.1 Å². The minimum Gasteiger partial charge on any atom is -0.323 e. The maximum Gasteiger partial charge on any atom is 0.244 e. The van der Waals surface area contributed by atoms with Crippen LogP contribution < -0.4 is 15.1 Å². The first-order valence-corrected chi connectivity index (χ1v) is 8.71. The lowest BCUT2D eigenvalue weighted by atomic mass is 10.1. The Morgan fingerprint density at radius 2 is 1.54 bits per heavy atom. The molecule has 0 aliphatic carbocycles. The second-order valence-electron chi connectivity index (χ2n) is 6.47. The van der Waals surface area contributed by atoms with E-state index in [0.717, 1.165) is 17.7 Å². The maximum absolute atomic E-state index is 12.6. The van der Waals surface area contributed by atoms with Gasteiger partial charge in [0.25, 0.3) is 0 Å². The van der Waals surface area contributed by atoms with E-state index in [0.29, 0.717) is 17.9 Å². The van der Waals surface area contributed by atoms with Crippen LogP contribution in [0.3, 0.4) is 0 Å². The van der Waals surface area contributed by atoms with Crippen molar-refractivity contribution in [2.75, 3.05) is 28.2 Å². The molecule has 2 aliphatic rings. The van der Waals surface area contributed by atoms with Gasteiger partial charge in [-0.1, -0.05) is 30.3 Å². The van der Waals surface area contributed by atoms with Crippen LogP contribution in [0.4, 0.5) is 17.1 Å². The topological polar surface area (TPSA) is 69.7 Å². The molecule has 26 heavy (non-hydrogen) atoms. The number of anilines is 3. The van der Waals surface area contributed by atoms with Crippen LogP contribution >= 0.6 is 0 Å². The molecule has 0 atom stereocenters. The molecule has 1 N–H and O–H groups in total. The van der Waals surface area contributed by atoms with Gasteiger partial charge in [0.15, 0.2) is 0 Å². The quantitative estimate of drug-likeness (QED) is 0.925. The van der Waals surface area contributed by atoms with E-state index in [1.807, 2.05) is 30.3 Å². The van der Waals surface area contributed by atoms with Crippen molar-refractivity contribution in [1.82, 2.24) is 0 Å².